The van der Waals surface area contributed by atoms with Crippen LogP contribution in [0.5, 0.6) is 0 Å². The average Bonchev–Trinajstić information content (AvgIpc) is 2.86. The first kappa shape index (κ1) is 24.2. The zero-order chi connectivity index (χ0) is 25.1. The van der Waals surface area contributed by atoms with Crippen LogP contribution in [0, 0.1) is 6.92 Å². The van der Waals surface area contributed by atoms with E-state index in [-0.39, 0.29) is 18.0 Å². The van der Waals surface area contributed by atoms with Crippen molar-refractivity contribution >= 4 is 28.8 Å². The Kier molecular flexibility index (Phi) is 7.00. The third-order valence-electron chi connectivity index (χ3n) is 6.31. The third-order valence-corrected chi connectivity index (χ3v) is 6.31. The lowest BCUT2D eigenvalue weighted by Crippen LogP contribution is -2.55. The lowest BCUT2D eigenvalue weighted by atomic mass is 10.0. The minimum Gasteiger partial charge on any atom is -0.449 e. The molecule has 1 fully saturated rings. The summed E-state index contributed by atoms with van der Waals surface area (Å²) >= 11 is 0. The van der Waals surface area contributed by atoms with Gasteiger partial charge in [0.05, 0.1) is 17.8 Å². The number of primary amides is 1. The monoisotopic (exact) mass is 474 g/mol. The molecule has 4 rings (SSSR count). The highest BCUT2D eigenvalue weighted by molar-refractivity contribution is 5.99. The first-order valence-corrected chi connectivity index (χ1v) is 11.8. The summed E-state index contributed by atoms with van der Waals surface area (Å²) in [5.74, 6) is -0.564. The van der Waals surface area contributed by atoms with Gasteiger partial charge in [0.15, 0.2) is 0 Å². The summed E-state index contributed by atoms with van der Waals surface area (Å²) in [4.78, 5) is 45.2. The summed E-state index contributed by atoms with van der Waals surface area (Å²) in [5.41, 5.74) is 9.71. The van der Waals surface area contributed by atoms with Crippen molar-refractivity contribution in [3.8, 4) is 11.3 Å². The van der Waals surface area contributed by atoms with Gasteiger partial charge in [0.1, 0.15) is 0 Å². The van der Waals surface area contributed by atoms with Crippen LogP contribution in [0.15, 0.2) is 48.5 Å². The molecule has 0 saturated carbocycles. The van der Waals surface area contributed by atoms with Crippen LogP contribution < -0.4 is 5.73 Å². The molecule has 182 valence electrons. The summed E-state index contributed by atoms with van der Waals surface area (Å²) in [6.07, 6.45) is 0.447. The number of fused-ring (bicyclic) bond motifs is 1. The maximum absolute atomic E-state index is 13.3. The van der Waals surface area contributed by atoms with Crippen molar-refractivity contribution in [2.45, 2.75) is 33.2 Å². The summed E-state index contributed by atoms with van der Waals surface area (Å²) in [7, 11) is 0. The zero-order valence-corrected chi connectivity index (χ0v) is 20.3. The van der Waals surface area contributed by atoms with Crippen molar-refractivity contribution in [1.82, 2.24) is 14.8 Å². The minimum absolute atomic E-state index is 0.0870. The number of nitrogens with zero attached hydrogens (tertiary/aromatic N) is 3. The first-order valence-electron chi connectivity index (χ1n) is 11.8. The normalized spacial score (nSPS) is 15.8. The quantitative estimate of drug-likeness (QED) is 0.602. The number of amides is 3. The number of piperazine rings is 1. The Bertz CT molecular complexity index is 1270. The van der Waals surface area contributed by atoms with E-state index in [9.17, 15) is 14.4 Å². The molecule has 1 unspecified atom stereocenters. The molecule has 2 aromatic carbocycles. The van der Waals surface area contributed by atoms with Gasteiger partial charge in [-0.1, -0.05) is 25.1 Å². The van der Waals surface area contributed by atoms with Crippen molar-refractivity contribution in [2.75, 3.05) is 26.2 Å². The van der Waals surface area contributed by atoms with Crippen molar-refractivity contribution in [2.24, 2.45) is 5.73 Å². The molecule has 0 radical (unpaired) electrons. The van der Waals surface area contributed by atoms with E-state index in [4.69, 9.17) is 15.5 Å². The van der Waals surface area contributed by atoms with E-state index < -0.39 is 5.91 Å². The molecular weight excluding hydrogens is 444 g/mol. The number of aromatic nitrogens is 1. The Balaban J connectivity index is 1.55. The summed E-state index contributed by atoms with van der Waals surface area (Å²) in [6.45, 7) is 7.60. The lowest BCUT2D eigenvalue weighted by molar-refractivity contribution is 0.0412. The molecule has 8 heteroatoms. The topological polar surface area (TPSA) is 106 Å². The molecule has 1 aromatic heterocycles. The Morgan fingerprint density at radius 1 is 1.06 bits per heavy atom. The van der Waals surface area contributed by atoms with Crippen LogP contribution in [0.1, 0.15) is 46.5 Å². The van der Waals surface area contributed by atoms with Gasteiger partial charge in [0.2, 0.25) is 5.91 Å². The molecule has 0 spiro atoms. The number of aryl methyl sites for hydroxylation is 1. The molecule has 1 aliphatic heterocycles. The van der Waals surface area contributed by atoms with E-state index >= 15 is 0 Å². The van der Waals surface area contributed by atoms with Gasteiger partial charge in [-0.15, -0.1) is 0 Å². The van der Waals surface area contributed by atoms with Gasteiger partial charge in [-0.25, -0.2) is 9.78 Å². The number of carbonyl (C=O) groups is 3. The smallest absolute Gasteiger partial charge is 0.410 e. The van der Waals surface area contributed by atoms with Crippen molar-refractivity contribution in [3.05, 3.63) is 65.2 Å². The van der Waals surface area contributed by atoms with Crippen LogP contribution in [0.2, 0.25) is 0 Å². The highest BCUT2D eigenvalue weighted by atomic mass is 16.6. The molecule has 0 aliphatic carbocycles. The van der Waals surface area contributed by atoms with Crippen LogP contribution in [0.4, 0.5) is 4.79 Å². The molecule has 1 aliphatic rings. The van der Waals surface area contributed by atoms with E-state index in [1.165, 1.54) is 0 Å². The maximum Gasteiger partial charge on any atom is 0.410 e. The van der Waals surface area contributed by atoms with E-state index in [2.05, 4.69) is 0 Å². The molecule has 1 saturated heterocycles. The number of benzene rings is 2. The van der Waals surface area contributed by atoms with Gasteiger partial charge in [0.25, 0.3) is 5.91 Å². The summed E-state index contributed by atoms with van der Waals surface area (Å²) in [6, 6.07) is 14.4. The molecule has 2 N–H and O–H groups in total. The van der Waals surface area contributed by atoms with Gasteiger partial charge >= 0.3 is 6.09 Å². The fourth-order valence-electron chi connectivity index (χ4n) is 4.36. The van der Waals surface area contributed by atoms with Gasteiger partial charge < -0.3 is 20.3 Å². The fraction of sp³-hybridized carbons (Fsp3) is 0.333. The summed E-state index contributed by atoms with van der Waals surface area (Å²) < 4.78 is 5.26. The Morgan fingerprint density at radius 3 is 2.43 bits per heavy atom. The predicted molar refractivity (Wildman–Crippen MR) is 134 cm³/mol. The molecule has 8 nitrogen and oxygen atoms in total. The van der Waals surface area contributed by atoms with Crippen LogP contribution >= 0.6 is 0 Å². The lowest BCUT2D eigenvalue weighted by Gasteiger charge is -2.39. The number of carbonyl (C=O) groups excluding carboxylic acids is 3. The number of pyridine rings is 1. The van der Waals surface area contributed by atoms with E-state index in [0.717, 1.165) is 34.1 Å². The van der Waals surface area contributed by atoms with Crippen LogP contribution in [-0.2, 0) is 4.74 Å². The highest BCUT2D eigenvalue weighted by Gasteiger charge is 2.31. The number of hydrogen-bond acceptors (Lipinski definition) is 5. The molecule has 35 heavy (non-hydrogen) atoms. The second kappa shape index (κ2) is 10.1. The zero-order valence-electron chi connectivity index (χ0n) is 20.3. The van der Waals surface area contributed by atoms with E-state index in [1.54, 1.807) is 21.9 Å². The number of rotatable bonds is 5. The Morgan fingerprint density at radius 2 is 1.77 bits per heavy atom. The molecule has 3 aromatic rings. The highest BCUT2D eigenvalue weighted by Crippen LogP contribution is 2.26. The second-order valence-electron chi connectivity index (χ2n) is 8.91. The van der Waals surface area contributed by atoms with Crippen molar-refractivity contribution in [3.63, 3.8) is 0 Å². The van der Waals surface area contributed by atoms with E-state index in [0.29, 0.717) is 37.4 Å². The van der Waals surface area contributed by atoms with Crippen molar-refractivity contribution in [1.29, 1.82) is 0 Å². The maximum atomic E-state index is 13.3. The third kappa shape index (κ3) is 5.11. The second-order valence-corrected chi connectivity index (χ2v) is 8.91. The van der Waals surface area contributed by atoms with Gasteiger partial charge in [0, 0.05) is 47.8 Å². The standard InChI is InChI=1S/C27H30N4O4/c1-4-13-35-27(34)31-12-11-30(16-18(31)3)26(33)21-9-10-22-17(2)14-23(29-24(22)15-21)19-5-7-20(8-6-19)25(28)32/h5-10,14-15,18H,4,11-13,16H2,1-3H3,(H2,28,32). The number of nitrogens with two attached hydrogens (primary N) is 1. The van der Waals surface area contributed by atoms with Crippen LogP contribution in [0.3, 0.4) is 0 Å². The minimum atomic E-state index is -0.477. The molecule has 2 heterocycles. The van der Waals surface area contributed by atoms with Gasteiger partial charge in [-0.2, -0.15) is 0 Å². The van der Waals surface area contributed by atoms with Gasteiger partial charge in [-0.3, -0.25) is 9.59 Å². The van der Waals surface area contributed by atoms with Crippen LogP contribution in [-0.4, -0.2) is 65.0 Å². The van der Waals surface area contributed by atoms with Crippen LogP contribution in [0.25, 0.3) is 22.2 Å². The van der Waals surface area contributed by atoms with E-state index in [1.807, 2.05) is 57.2 Å². The Hall–Kier alpha value is -3.94. The number of ether oxygens (including phenoxy) is 1. The molecular formula is C27H30N4O4. The summed E-state index contributed by atoms with van der Waals surface area (Å²) in [5, 5.41) is 0.968. The largest absolute Gasteiger partial charge is 0.449 e. The predicted octanol–water partition coefficient (Wildman–Crippen LogP) is 4.00. The number of hydrogen-bond donors (Lipinski definition) is 1. The van der Waals surface area contributed by atoms with Gasteiger partial charge in [-0.05, 0) is 56.2 Å². The first-order chi connectivity index (χ1) is 16.8. The molecule has 0 bridgehead atoms. The fourth-order valence-corrected chi connectivity index (χ4v) is 4.36. The Labute approximate surface area is 204 Å². The van der Waals surface area contributed by atoms with Crippen molar-refractivity contribution < 1.29 is 19.1 Å². The molecule has 3 amide bonds. The molecule has 1 atom stereocenters. The average molecular weight is 475 g/mol. The SMILES string of the molecule is CCCOC(=O)N1CCN(C(=O)c2ccc3c(C)cc(-c4ccc(C(N)=O)cc4)nc3c2)CC1C.